The first-order valence-corrected chi connectivity index (χ1v) is 6.93. The van der Waals surface area contributed by atoms with Gasteiger partial charge in [0, 0.05) is 26.7 Å². The first kappa shape index (κ1) is 13.7. The first-order chi connectivity index (χ1) is 9.13. The van der Waals surface area contributed by atoms with Gasteiger partial charge in [-0.15, -0.1) is 0 Å². The minimum atomic E-state index is -0.731. The molecule has 0 unspecified atom stereocenters. The van der Waals surface area contributed by atoms with Gasteiger partial charge in [0.15, 0.2) is 0 Å². The minimum Gasteiger partial charge on any atom is -0.481 e. The van der Waals surface area contributed by atoms with Crippen LogP contribution in [0.15, 0.2) is 18.2 Å². The fourth-order valence-electron chi connectivity index (χ4n) is 2.75. The molecule has 4 heteroatoms. The second kappa shape index (κ2) is 5.95. The molecule has 1 aliphatic heterocycles. The van der Waals surface area contributed by atoms with Crippen molar-refractivity contribution in [3.05, 3.63) is 23.8 Å². The molecule has 19 heavy (non-hydrogen) atoms. The van der Waals surface area contributed by atoms with E-state index in [4.69, 9.17) is 5.11 Å². The van der Waals surface area contributed by atoms with Crippen LogP contribution >= 0.6 is 0 Å². The Morgan fingerprint density at radius 1 is 1.37 bits per heavy atom. The highest BCUT2D eigenvalue weighted by Crippen LogP contribution is 2.35. The van der Waals surface area contributed by atoms with Crippen LogP contribution in [0.25, 0.3) is 0 Å². The summed E-state index contributed by atoms with van der Waals surface area (Å²) in [6.07, 6.45) is 2.26. The SMILES string of the molecule is CCc1cccc2c1N(C)CCCN2CCC(=O)O. The van der Waals surface area contributed by atoms with Gasteiger partial charge in [0.25, 0.3) is 0 Å². The summed E-state index contributed by atoms with van der Waals surface area (Å²) in [5, 5.41) is 8.88. The molecule has 0 amide bonds. The number of rotatable bonds is 4. The molecule has 1 heterocycles. The van der Waals surface area contributed by atoms with Gasteiger partial charge in [0.05, 0.1) is 17.8 Å². The predicted molar refractivity (Wildman–Crippen MR) is 78.2 cm³/mol. The van der Waals surface area contributed by atoms with E-state index in [2.05, 4.69) is 42.0 Å². The summed E-state index contributed by atoms with van der Waals surface area (Å²) in [4.78, 5) is 15.3. The highest BCUT2D eigenvalue weighted by atomic mass is 16.4. The van der Waals surface area contributed by atoms with Crippen molar-refractivity contribution < 1.29 is 9.90 Å². The molecule has 0 atom stereocenters. The molecular formula is C15H22N2O2. The van der Waals surface area contributed by atoms with E-state index >= 15 is 0 Å². The Hall–Kier alpha value is -1.71. The zero-order valence-corrected chi connectivity index (χ0v) is 11.7. The third-order valence-corrected chi connectivity index (χ3v) is 3.72. The van der Waals surface area contributed by atoms with E-state index in [-0.39, 0.29) is 6.42 Å². The molecule has 0 aliphatic carbocycles. The molecule has 0 spiro atoms. The lowest BCUT2D eigenvalue weighted by Crippen LogP contribution is -2.26. The maximum Gasteiger partial charge on any atom is 0.305 e. The lowest BCUT2D eigenvalue weighted by Gasteiger charge is -2.27. The van der Waals surface area contributed by atoms with E-state index in [1.807, 2.05) is 0 Å². The molecule has 4 nitrogen and oxygen atoms in total. The summed E-state index contributed by atoms with van der Waals surface area (Å²) in [5.74, 6) is -0.731. The molecule has 104 valence electrons. The first-order valence-electron chi connectivity index (χ1n) is 6.93. The summed E-state index contributed by atoms with van der Waals surface area (Å²) in [6.45, 7) is 4.70. The number of anilines is 2. The quantitative estimate of drug-likeness (QED) is 0.904. The predicted octanol–water partition coefficient (Wildman–Crippen LogP) is 2.37. The number of fused-ring (bicyclic) bond motifs is 1. The van der Waals surface area contributed by atoms with Crippen LogP contribution in [0.1, 0.15) is 25.3 Å². The van der Waals surface area contributed by atoms with E-state index in [0.717, 1.165) is 25.9 Å². The molecule has 1 N–H and O–H groups in total. The number of aryl methyl sites for hydroxylation is 1. The van der Waals surface area contributed by atoms with Crippen LogP contribution in [0.4, 0.5) is 11.4 Å². The zero-order valence-electron chi connectivity index (χ0n) is 11.7. The van der Waals surface area contributed by atoms with Crippen molar-refractivity contribution in [3.63, 3.8) is 0 Å². The van der Waals surface area contributed by atoms with Crippen molar-refractivity contribution in [1.82, 2.24) is 0 Å². The molecule has 0 bridgehead atoms. The largest absolute Gasteiger partial charge is 0.481 e. The highest BCUT2D eigenvalue weighted by molar-refractivity contribution is 5.76. The lowest BCUT2D eigenvalue weighted by molar-refractivity contribution is -0.136. The monoisotopic (exact) mass is 262 g/mol. The van der Waals surface area contributed by atoms with Crippen molar-refractivity contribution in [2.45, 2.75) is 26.2 Å². The Bertz CT molecular complexity index is 459. The van der Waals surface area contributed by atoms with Crippen molar-refractivity contribution in [1.29, 1.82) is 0 Å². The molecular weight excluding hydrogens is 240 g/mol. The summed E-state index contributed by atoms with van der Waals surface area (Å²) in [5.41, 5.74) is 3.79. The molecule has 0 radical (unpaired) electrons. The number of carboxylic acids is 1. The van der Waals surface area contributed by atoms with Gasteiger partial charge in [-0.25, -0.2) is 0 Å². The van der Waals surface area contributed by atoms with E-state index < -0.39 is 5.97 Å². The van der Waals surface area contributed by atoms with Gasteiger partial charge in [0.2, 0.25) is 0 Å². The van der Waals surface area contributed by atoms with Gasteiger partial charge in [-0.05, 0) is 24.5 Å². The molecule has 0 aromatic heterocycles. The number of para-hydroxylation sites is 1. The summed E-state index contributed by atoms with van der Waals surface area (Å²) in [6, 6.07) is 6.35. The fourth-order valence-corrected chi connectivity index (χ4v) is 2.75. The van der Waals surface area contributed by atoms with E-state index in [1.54, 1.807) is 0 Å². The van der Waals surface area contributed by atoms with Crippen molar-refractivity contribution in [2.75, 3.05) is 36.5 Å². The van der Waals surface area contributed by atoms with Gasteiger partial charge in [0.1, 0.15) is 0 Å². The van der Waals surface area contributed by atoms with Crippen LogP contribution in [-0.2, 0) is 11.2 Å². The third kappa shape index (κ3) is 3.00. The molecule has 0 saturated carbocycles. The number of hydrogen-bond donors (Lipinski definition) is 1. The van der Waals surface area contributed by atoms with Gasteiger partial charge < -0.3 is 14.9 Å². The lowest BCUT2D eigenvalue weighted by atomic mass is 10.1. The molecule has 0 fully saturated rings. The Morgan fingerprint density at radius 3 is 2.84 bits per heavy atom. The van der Waals surface area contributed by atoms with Crippen LogP contribution in [0.3, 0.4) is 0 Å². The summed E-state index contributed by atoms with van der Waals surface area (Å²) < 4.78 is 0. The van der Waals surface area contributed by atoms with Crippen molar-refractivity contribution in [2.24, 2.45) is 0 Å². The Balaban J connectivity index is 2.34. The third-order valence-electron chi connectivity index (χ3n) is 3.72. The molecule has 1 aliphatic rings. The molecule has 1 aromatic rings. The van der Waals surface area contributed by atoms with Crippen LogP contribution in [0.5, 0.6) is 0 Å². The second-order valence-electron chi connectivity index (χ2n) is 5.04. The minimum absolute atomic E-state index is 0.194. The van der Waals surface area contributed by atoms with E-state index in [9.17, 15) is 4.79 Å². The van der Waals surface area contributed by atoms with Gasteiger partial charge >= 0.3 is 5.97 Å². The number of nitrogens with zero attached hydrogens (tertiary/aromatic N) is 2. The smallest absolute Gasteiger partial charge is 0.305 e. The number of hydrogen-bond acceptors (Lipinski definition) is 3. The van der Waals surface area contributed by atoms with Crippen molar-refractivity contribution >= 4 is 17.3 Å². The Kier molecular flexibility index (Phi) is 4.30. The van der Waals surface area contributed by atoms with Gasteiger partial charge in [-0.3, -0.25) is 4.79 Å². The van der Waals surface area contributed by atoms with Crippen LogP contribution in [-0.4, -0.2) is 37.8 Å². The van der Waals surface area contributed by atoms with Gasteiger partial charge in [-0.1, -0.05) is 19.1 Å². The number of benzene rings is 1. The highest BCUT2D eigenvalue weighted by Gasteiger charge is 2.20. The van der Waals surface area contributed by atoms with Crippen LogP contribution < -0.4 is 9.80 Å². The van der Waals surface area contributed by atoms with Crippen molar-refractivity contribution in [3.8, 4) is 0 Å². The maximum absolute atomic E-state index is 10.8. The van der Waals surface area contributed by atoms with Crippen LogP contribution in [0.2, 0.25) is 0 Å². The Labute approximate surface area is 114 Å². The normalized spacial score (nSPS) is 15.1. The van der Waals surface area contributed by atoms with Crippen LogP contribution in [0, 0.1) is 0 Å². The average Bonchev–Trinajstić information content (AvgIpc) is 2.56. The summed E-state index contributed by atoms with van der Waals surface area (Å²) >= 11 is 0. The Morgan fingerprint density at radius 2 is 2.16 bits per heavy atom. The van der Waals surface area contributed by atoms with E-state index in [0.29, 0.717) is 6.54 Å². The number of aliphatic carboxylic acids is 1. The molecule has 2 rings (SSSR count). The topological polar surface area (TPSA) is 43.8 Å². The fraction of sp³-hybridized carbons (Fsp3) is 0.533. The van der Waals surface area contributed by atoms with E-state index in [1.165, 1.54) is 16.9 Å². The number of carbonyl (C=O) groups is 1. The summed E-state index contributed by atoms with van der Waals surface area (Å²) in [7, 11) is 2.12. The number of carboxylic acid groups (broad SMARTS) is 1. The zero-order chi connectivity index (χ0) is 13.8. The standard InChI is InChI=1S/C15H22N2O2/c1-3-12-6-4-7-13-15(12)16(2)9-5-10-17(13)11-8-14(18)19/h4,6-7H,3,5,8-11H2,1-2H3,(H,18,19). The van der Waals surface area contributed by atoms with Gasteiger partial charge in [-0.2, -0.15) is 0 Å². The molecule has 1 aromatic carbocycles. The second-order valence-corrected chi connectivity index (χ2v) is 5.04. The molecule has 0 saturated heterocycles. The average molecular weight is 262 g/mol. The maximum atomic E-state index is 10.8.